The van der Waals surface area contributed by atoms with Crippen LogP contribution in [0.25, 0.3) is 11.0 Å². The lowest BCUT2D eigenvalue weighted by molar-refractivity contribution is 0.546. The van der Waals surface area contributed by atoms with Gasteiger partial charge in [0.2, 0.25) is 0 Å². The van der Waals surface area contributed by atoms with E-state index in [1.165, 1.54) is 0 Å². The first kappa shape index (κ1) is 8.96. The fourth-order valence-corrected chi connectivity index (χ4v) is 1.45. The van der Waals surface area contributed by atoms with E-state index in [1.54, 1.807) is 12.4 Å². The Balaban J connectivity index is 2.69. The van der Waals surface area contributed by atoms with Gasteiger partial charge in [-0.05, 0) is 19.9 Å². The third-order valence-electron chi connectivity index (χ3n) is 2.14. The van der Waals surface area contributed by atoms with Crippen LogP contribution in [0.5, 0.6) is 0 Å². The number of anilines is 1. The third kappa shape index (κ3) is 1.22. The number of nitrogens with two attached hydrogens (primary N) is 1. The van der Waals surface area contributed by atoms with Gasteiger partial charge in [-0.2, -0.15) is 5.10 Å². The summed E-state index contributed by atoms with van der Waals surface area (Å²) < 4.78 is 1.87. The minimum Gasteiger partial charge on any atom is -0.323 e. The molecule has 2 aromatic rings. The Labute approximate surface area is 81.9 Å². The van der Waals surface area contributed by atoms with Crippen molar-refractivity contribution in [3.05, 3.63) is 18.5 Å². The minimum atomic E-state index is 0.299. The van der Waals surface area contributed by atoms with E-state index in [1.807, 2.05) is 10.7 Å². The summed E-state index contributed by atoms with van der Waals surface area (Å²) in [6.45, 7) is 4.13. The number of rotatable bonds is 2. The van der Waals surface area contributed by atoms with E-state index in [2.05, 4.69) is 29.4 Å². The quantitative estimate of drug-likeness (QED) is 0.554. The van der Waals surface area contributed by atoms with Crippen LogP contribution in [0.15, 0.2) is 18.5 Å². The summed E-state index contributed by atoms with van der Waals surface area (Å²) in [5, 5.41) is 5.21. The van der Waals surface area contributed by atoms with Crippen LogP contribution >= 0.6 is 0 Å². The van der Waals surface area contributed by atoms with Crippen LogP contribution in [0.2, 0.25) is 0 Å². The number of hydrazine groups is 1. The summed E-state index contributed by atoms with van der Waals surface area (Å²) in [4.78, 5) is 4.28. The molecule has 0 aliphatic heterocycles. The van der Waals surface area contributed by atoms with Gasteiger partial charge in [0.15, 0.2) is 5.65 Å². The topological polar surface area (TPSA) is 68.8 Å². The van der Waals surface area contributed by atoms with Crippen molar-refractivity contribution >= 4 is 16.7 Å². The summed E-state index contributed by atoms with van der Waals surface area (Å²) in [5.41, 5.74) is 4.33. The van der Waals surface area contributed by atoms with Crippen LogP contribution in [0.3, 0.4) is 0 Å². The van der Waals surface area contributed by atoms with Crippen molar-refractivity contribution in [2.75, 3.05) is 5.43 Å². The van der Waals surface area contributed by atoms with Crippen molar-refractivity contribution in [1.29, 1.82) is 0 Å². The number of nitrogens with one attached hydrogen (secondary N) is 1. The molecular weight excluding hydrogens is 178 g/mol. The number of fused-ring (bicyclic) bond motifs is 1. The van der Waals surface area contributed by atoms with Crippen LogP contribution < -0.4 is 11.3 Å². The van der Waals surface area contributed by atoms with Gasteiger partial charge in [0.05, 0.1) is 17.3 Å². The molecule has 0 bridgehead atoms. The average molecular weight is 191 g/mol. The molecule has 0 spiro atoms. The number of nitrogen functional groups attached to an aromatic ring is 1. The number of aromatic nitrogens is 3. The van der Waals surface area contributed by atoms with Gasteiger partial charge >= 0.3 is 0 Å². The van der Waals surface area contributed by atoms with Gasteiger partial charge < -0.3 is 5.43 Å². The Bertz CT molecular complexity index is 445. The van der Waals surface area contributed by atoms with E-state index in [9.17, 15) is 0 Å². The Morgan fingerprint density at radius 3 is 2.93 bits per heavy atom. The highest BCUT2D eigenvalue weighted by Gasteiger charge is 2.09. The zero-order valence-corrected chi connectivity index (χ0v) is 8.23. The van der Waals surface area contributed by atoms with Gasteiger partial charge in [-0.1, -0.05) is 0 Å². The number of pyridine rings is 1. The van der Waals surface area contributed by atoms with E-state index in [-0.39, 0.29) is 0 Å². The maximum atomic E-state index is 5.39. The molecule has 5 heteroatoms. The standard InChI is InChI=1S/C9H13N5/c1-6(2)14-9-7(5-12-14)8(13-10)3-4-11-9/h3-6H,10H2,1-2H3,(H,11,13). The van der Waals surface area contributed by atoms with Crippen LogP contribution in [-0.4, -0.2) is 14.8 Å². The van der Waals surface area contributed by atoms with Crippen molar-refractivity contribution in [2.45, 2.75) is 19.9 Å². The van der Waals surface area contributed by atoms with Crippen molar-refractivity contribution in [3.8, 4) is 0 Å². The monoisotopic (exact) mass is 191 g/mol. The van der Waals surface area contributed by atoms with E-state index in [0.29, 0.717) is 6.04 Å². The first-order valence-electron chi connectivity index (χ1n) is 4.53. The lowest BCUT2D eigenvalue weighted by Crippen LogP contribution is -2.07. The molecule has 0 atom stereocenters. The SMILES string of the molecule is CC(C)n1ncc2c(NN)ccnc21. The second kappa shape index (κ2) is 3.26. The fraction of sp³-hybridized carbons (Fsp3) is 0.333. The molecule has 3 N–H and O–H groups in total. The summed E-state index contributed by atoms with van der Waals surface area (Å²) in [5.74, 6) is 5.39. The molecular formula is C9H13N5. The predicted molar refractivity (Wildman–Crippen MR) is 55.7 cm³/mol. The largest absolute Gasteiger partial charge is 0.323 e. The van der Waals surface area contributed by atoms with Crippen molar-refractivity contribution in [2.24, 2.45) is 5.84 Å². The summed E-state index contributed by atoms with van der Waals surface area (Å²) >= 11 is 0. The van der Waals surface area contributed by atoms with Gasteiger partial charge in [0.1, 0.15) is 0 Å². The molecule has 0 unspecified atom stereocenters. The fourth-order valence-electron chi connectivity index (χ4n) is 1.45. The van der Waals surface area contributed by atoms with Gasteiger partial charge in [0.25, 0.3) is 0 Å². The molecule has 0 saturated heterocycles. The Kier molecular flexibility index (Phi) is 2.09. The molecule has 0 aliphatic carbocycles. The lowest BCUT2D eigenvalue weighted by atomic mass is 10.3. The molecule has 0 fully saturated rings. The molecule has 2 rings (SSSR count). The van der Waals surface area contributed by atoms with Crippen molar-refractivity contribution < 1.29 is 0 Å². The maximum absolute atomic E-state index is 5.39. The molecule has 0 aromatic carbocycles. The summed E-state index contributed by atoms with van der Waals surface area (Å²) in [7, 11) is 0. The van der Waals surface area contributed by atoms with Crippen LogP contribution in [0, 0.1) is 0 Å². The lowest BCUT2D eigenvalue weighted by Gasteiger charge is -2.06. The second-order valence-corrected chi connectivity index (χ2v) is 3.42. The van der Waals surface area contributed by atoms with E-state index in [4.69, 9.17) is 5.84 Å². The van der Waals surface area contributed by atoms with E-state index >= 15 is 0 Å². The van der Waals surface area contributed by atoms with Crippen molar-refractivity contribution in [3.63, 3.8) is 0 Å². The normalized spacial score (nSPS) is 11.1. The Morgan fingerprint density at radius 2 is 2.29 bits per heavy atom. The molecule has 2 aromatic heterocycles. The number of hydrogen-bond donors (Lipinski definition) is 2. The van der Waals surface area contributed by atoms with Gasteiger partial charge in [-0.3, -0.25) is 5.84 Å². The molecule has 0 radical (unpaired) electrons. The smallest absolute Gasteiger partial charge is 0.160 e. The molecule has 14 heavy (non-hydrogen) atoms. The predicted octanol–water partition coefficient (Wildman–Crippen LogP) is 1.30. The van der Waals surface area contributed by atoms with Gasteiger partial charge in [0, 0.05) is 12.2 Å². The molecule has 0 saturated carbocycles. The summed E-state index contributed by atoms with van der Waals surface area (Å²) in [6.07, 6.45) is 3.50. The average Bonchev–Trinajstić information content (AvgIpc) is 2.60. The zero-order valence-electron chi connectivity index (χ0n) is 8.23. The molecule has 2 heterocycles. The van der Waals surface area contributed by atoms with Gasteiger partial charge in [-0.25, -0.2) is 9.67 Å². The van der Waals surface area contributed by atoms with Gasteiger partial charge in [-0.15, -0.1) is 0 Å². The molecule has 74 valence electrons. The first-order valence-corrected chi connectivity index (χ1v) is 4.53. The number of hydrogen-bond acceptors (Lipinski definition) is 4. The highest BCUT2D eigenvalue weighted by atomic mass is 15.3. The Hall–Kier alpha value is -1.62. The third-order valence-corrected chi connectivity index (χ3v) is 2.14. The number of nitrogens with zero attached hydrogens (tertiary/aromatic N) is 3. The van der Waals surface area contributed by atoms with Crippen LogP contribution in [-0.2, 0) is 0 Å². The highest BCUT2D eigenvalue weighted by Crippen LogP contribution is 2.21. The first-order chi connectivity index (χ1) is 6.74. The summed E-state index contributed by atoms with van der Waals surface area (Å²) in [6, 6.07) is 2.13. The maximum Gasteiger partial charge on any atom is 0.160 e. The van der Waals surface area contributed by atoms with Crippen molar-refractivity contribution in [1.82, 2.24) is 14.8 Å². The molecule has 0 amide bonds. The van der Waals surface area contributed by atoms with E-state index < -0.39 is 0 Å². The molecule has 5 nitrogen and oxygen atoms in total. The second-order valence-electron chi connectivity index (χ2n) is 3.42. The molecule has 0 aliphatic rings. The highest BCUT2D eigenvalue weighted by molar-refractivity contribution is 5.88. The minimum absolute atomic E-state index is 0.299. The zero-order chi connectivity index (χ0) is 10.1. The van der Waals surface area contributed by atoms with Crippen LogP contribution in [0.1, 0.15) is 19.9 Å². The Morgan fingerprint density at radius 1 is 1.50 bits per heavy atom. The van der Waals surface area contributed by atoms with Crippen LogP contribution in [0.4, 0.5) is 5.69 Å². The van der Waals surface area contributed by atoms with E-state index in [0.717, 1.165) is 16.7 Å².